The first-order chi connectivity index (χ1) is 15.4. The fraction of sp³-hybridized carbons (Fsp3) is 0.462. The Bertz CT molecular complexity index is 1010. The van der Waals surface area contributed by atoms with Crippen LogP contribution < -0.4 is 14.2 Å². The minimum absolute atomic E-state index is 0.288. The summed E-state index contributed by atoms with van der Waals surface area (Å²) in [5, 5.41) is 10.8. The third-order valence-electron chi connectivity index (χ3n) is 5.19. The van der Waals surface area contributed by atoms with Crippen LogP contribution in [0.1, 0.15) is 57.7 Å². The van der Waals surface area contributed by atoms with Crippen LogP contribution in [-0.2, 0) is 6.61 Å². The van der Waals surface area contributed by atoms with Gasteiger partial charge in [0.1, 0.15) is 18.1 Å². The molecule has 0 unspecified atom stereocenters. The number of benzene rings is 1. The molecule has 1 N–H and O–H groups in total. The van der Waals surface area contributed by atoms with Crippen LogP contribution in [0.3, 0.4) is 0 Å². The molecule has 6 heteroatoms. The quantitative estimate of drug-likeness (QED) is 0.370. The first-order valence-electron chi connectivity index (χ1n) is 11.3. The lowest BCUT2D eigenvalue weighted by Gasteiger charge is -2.17. The molecule has 2 aromatic heterocycles. The van der Waals surface area contributed by atoms with Gasteiger partial charge in [-0.25, -0.2) is 9.97 Å². The molecule has 2 heterocycles. The van der Waals surface area contributed by atoms with Gasteiger partial charge in [-0.15, -0.1) is 0 Å². The molecule has 0 fully saturated rings. The summed E-state index contributed by atoms with van der Waals surface area (Å²) in [4.78, 5) is 9.09. The number of para-hydroxylation sites is 1. The fourth-order valence-corrected chi connectivity index (χ4v) is 3.37. The smallest absolute Gasteiger partial charge is 0.217 e. The molecule has 0 saturated carbocycles. The number of ether oxygens (including phenoxy) is 3. The monoisotopic (exact) mass is 438 g/mol. The van der Waals surface area contributed by atoms with Gasteiger partial charge >= 0.3 is 0 Å². The number of nitrogens with zero attached hydrogens (tertiary/aromatic N) is 2. The summed E-state index contributed by atoms with van der Waals surface area (Å²) < 4.78 is 17.9. The third-order valence-corrected chi connectivity index (χ3v) is 5.19. The van der Waals surface area contributed by atoms with Crippen molar-refractivity contribution in [1.82, 2.24) is 9.97 Å². The number of fused-ring (bicyclic) bond motifs is 1. The van der Waals surface area contributed by atoms with Gasteiger partial charge in [0.2, 0.25) is 5.88 Å². The lowest BCUT2D eigenvalue weighted by molar-refractivity contribution is 0.0641. The van der Waals surface area contributed by atoms with Crippen molar-refractivity contribution >= 4 is 10.9 Å². The molecule has 0 aliphatic heterocycles. The second-order valence-corrected chi connectivity index (χ2v) is 8.61. The average molecular weight is 439 g/mol. The maximum absolute atomic E-state index is 9.81. The Balaban J connectivity index is 1.68. The molecule has 0 spiro atoms. The zero-order chi connectivity index (χ0) is 23.0. The summed E-state index contributed by atoms with van der Waals surface area (Å²) in [5.74, 6) is 2.05. The highest BCUT2D eigenvalue weighted by Crippen LogP contribution is 2.31. The highest BCUT2D eigenvalue weighted by molar-refractivity contribution is 5.86. The van der Waals surface area contributed by atoms with E-state index in [1.165, 1.54) is 0 Å². The molecule has 0 radical (unpaired) electrons. The lowest BCUT2D eigenvalue weighted by atomic mass is 10.0. The van der Waals surface area contributed by atoms with Crippen molar-refractivity contribution in [3.63, 3.8) is 0 Å². The Labute approximate surface area is 190 Å². The van der Waals surface area contributed by atoms with Gasteiger partial charge in [0.25, 0.3) is 0 Å². The predicted octanol–water partition coefficient (Wildman–Crippen LogP) is 5.63. The number of rotatable bonds is 12. The summed E-state index contributed by atoms with van der Waals surface area (Å²) in [7, 11) is 0. The largest absolute Gasteiger partial charge is 0.493 e. The van der Waals surface area contributed by atoms with E-state index >= 15 is 0 Å². The van der Waals surface area contributed by atoms with Gasteiger partial charge in [0.15, 0.2) is 0 Å². The highest BCUT2D eigenvalue weighted by Gasteiger charge is 2.14. The van der Waals surface area contributed by atoms with Crippen LogP contribution in [0, 0.1) is 6.92 Å². The second-order valence-electron chi connectivity index (χ2n) is 8.61. The Morgan fingerprint density at radius 2 is 1.78 bits per heavy atom. The first kappa shape index (κ1) is 23.8. The van der Waals surface area contributed by atoms with E-state index in [4.69, 9.17) is 19.2 Å². The van der Waals surface area contributed by atoms with E-state index in [1.54, 1.807) is 32.2 Å². The zero-order valence-electron chi connectivity index (χ0n) is 19.6. The van der Waals surface area contributed by atoms with Crippen LogP contribution in [0.25, 0.3) is 10.9 Å². The molecule has 172 valence electrons. The average Bonchev–Trinajstić information content (AvgIpc) is 2.77. The molecule has 0 amide bonds. The van der Waals surface area contributed by atoms with Gasteiger partial charge in [0, 0.05) is 23.2 Å². The van der Waals surface area contributed by atoms with E-state index in [2.05, 4.69) is 11.9 Å². The molecule has 0 aliphatic carbocycles. The van der Waals surface area contributed by atoms with Crippen molar-refractivity contribution in [2.45, 2.75) is 65.6 Å². The fourth-order valence-electron chi connectivity index (χ4n) is 3.37. The molecule has 0 bridgehead atoms. The van der Waals surface area contributed by atoms with E-state index in [1.807, 2.05) is 31.2 Å². The van der Waals surface area contributed by atoms with E-state index in [9.17, 15) is 5.11 Å². The van der Waals surface area contributed by atoms with Crippen LogP contribution in [0.4, 0.5) is 0 Å². The molecule has 0 saturated heterocycles. The molecule has 0 atom stereocenters. The highest BCUT2D eigenvalue weighted by atomic mass is 16.5. The van der Waals surface area contributed by atoms with Crippen molar-refractivity contribution in [1.29, 1.82) is 0 Å². The summed E-state index contributed by atoms with van der Waals surface area (Å²) in [6.45, 7) is 9.27. The molecule has 0 aliphatic rings. The summed E-state index contributed by atoms with van der Waals surface area (Å²) >= 11 is 0. The molecular weight excluding hydrogens is 404 g/mol. The number of pyridine rings is 2. The zero-order valence-corrected chi connectivity index (χ0v) is 19.6. The maximum Gasteiger partial charge on any atom is 0.217 e. The predicted molar refractivity (Wildman–Crippen MR) is 126 cm³/mol. The van der Waals surface area contributed by atoms with Crippen LogP contribution >= 0.6 is 0 Å². The number of hydrogen-bond donors (Lipinski definition) is 1. The van der Waals surface area contributed by atoms with Gasteiger partial charge in [-0.05, 0) is 58.2 Å². The maximum atomic E-state index is 9.81. The van der Waals surface area contributed by atoms with Crippen LogP contribution in [0.15, 0.2) is 42.6 Å². The van der Waals surface area contributed by atoms with Gasteiger partial charge in [0.05, 0.1) is 30.0 Å². The van der Waals surface area contributed by atoms with E-state index in [0.717, 1.165) is 47.2 Å². The van der Waals surface area contributed by atoms with Crippen LogP contribution in [0.2, 0.25) is 0 Å². The number of hydrogen-bond acceptors (Lipinski definition) is 6. The molecule has 3 rings (SSSR count). The minimum Gasteiger partial charge on any atom is -0.493 e. The van der Waals surface area contributed by atoms with Crippen molar-refractivity contribution in [2.24, 2.45) is 0 Å². The standard InChI is InChI=1S/C26H34N2O4/c1-5-6-15-31-25-19(2)23(28-22-11-8-7-10-21(22)25)18-32-24-17-20(12-14-27-24)30-16-9-13-26(3,4)29/h7-8,10-12,14,17,29H,5-6,9,13,15-16,18H2,1-4H3. The van der Waals surface area contributed by atoms with Crippen molar-refractivity contribution in [2.75, 3.05) is 13.2 Å². The third kappa shape index (κ3) is 6.82. The van der Waals surface area contributed by atoms with Crippen molar-refractivity contribution in [3.8, 4) is 17.4 Å². The summed E-state index contributed by atoms with van der Waals surface area (Å²) in [5.41, 5.74) is 2.02. The molecule has 1 aromatic carbocycles. The normalized spacial score (nSPS) is 11.5. The number of aliphatic hydroxyl groups is 1. The van der Waals surface area contributed by atoms with Gasteiger partial charge in [-0.1, -0.05) is 25.5 Å². The van der Waals surface area contributed by atoms with E-state index in [0.29, 0.717) is 31.3 Å². The second kappa shape index (κ2) is 11.1. The molecule has 6 nitrogen and oxygen atoms in total. The van der Waals surface area contributed by atoms with Gasteiger partial charge in [-0.3, -0.25) is 0 Å². The molecule has 3 aromatic rings. The number of aromatic nitrogens is 2. The van der Waals surface area contributed by atoms with E-state index in [-0.39, 0.29) is 6.61 Å². The molecular formula is C26H34N2O4. The lowest BCUT2D eigenvalue weighted by Crippen LogP contribution is -2.19. The van der Waals surface area contributed by atoms with Crippen LogP contribution in [-0.4, -0.2) is 33.9 Å². The Kier molecular flexibility index (Phi) is 8.28. The van der Waals surface area contributed by atoms with Gasteiger partial charge < -0.3 is 19.3 Å². The van der Waals surface area contributed by atoms with Crippen molar-refractivity contribution < 1.29 is 19.3 Å². The van der Waals surface area contributed by atoms with Crippen LogP contribution in [0.5, 0.6) is 17.4 Å². The first-order valence-corrected chi connectivity index (χ1v) is 11.3. The Morgan fingerprint density at radius 1 is 1.00 bits per heavy atom. The summed E-state index contributed by atoms with van der Waals surface area (Å²) in [6.07, 6.45) is 5.20. The minimum atomic E-state index is -0.681. The van der Waals surface area contributed by atoms with E-state index < -0.39 is 5.60 Å². The topological polar surface area (TPSA) is 73.7 Å². The number of unbranched alkanes of at least 4 members (excludes halogenated alkanes) is 1. The molecule has 32 heavy (non-hydrogen) atoms. The summed E-state index contributed by atoms with van der Waals surface area (Å²) in [6, 6.07) is 11.6. The Morgan fingerprint density at radius 3 is 2.56 bits per heavy atom. The Hall–Kier alpha value is -2.86. The van der Waals surface area contributed by atoms with Crippen molar-refractivity contribution in [3.05, 3.63) is 53.9 Å². The SMILES string of the molecule is CCCCOc1c(C)c(COc2cc(OCCCC(C)(C)O)ccn2)nc2ccccc12. The van der Waals surface area contributed by atoms with Gasteiger partial charge in [-0.2, -0.15) is 0 Å².